The van der Waals surface area contributed by atoms with Crippen molar-refractivity contribution < 1.29 is 9.59 Å². The largest absolute Gasteiger partial charge is 0.352 e. The van der Waals surface area contributed by atoms with Gasteiger partial charge in [0.2, 0.25) is 11.8 Å². The third-order valence-corrected chi connectivity index (χ3v) is 5.46. The summed E-state index contributed by atoms with van der Waals surface area (Å²) in [7, 11) is 0. The molecule has 0 bridgehead atoms. The Morgan fingerprint density at radius 2 is 1.97 bits per heavy atom. The molecule has 0 saturated carbocycles. The van der Waals surface area contributed by atoms with Gasteiger partial charge in [-0.15, -0.1) is 0 Å². The third-order valence-electron chi connectivity index (χ3n) is 5.46. The van der Waals surface area contributed by atoms with Crippen LogP contribution in [0.1, 0.15) is 29.9 Å². The average molecular weight is 403 g/mol. The Labute approximate surface area is 175 Å². The van der Waals surface area contributed by atoms with Gasteiger partial charge in [0.25, 0.3) is 0 Å². The fourth-order valence-corrected chi connectivity index (χ4v) is 3.73. The number of rotatable bonds is 6. The first-order valence-electron chi connectivity index (χ1n) is 10.1. The molecule has 1 N–H and O–H groups in total. The van der Waals surface area contributed by atoms with Gasteiger partial charge in [0.1, 0.15) is 5.82 Å². The van der Waals surface area contributed by atoms with Crippen LogP contribution in [0, 0.1) is 12.8 Å². The molecule has 30 heavy (non-hydrogen) atoms. The predicted octanol–water partition coefficient (Wildman–Crippen LogP) is 2.63. The van der Waals surface area contributed by atoms with Gasteiger partial charge < -0.3 is 14.8 Å². The molecule has 2 amide bonds. The molecule has 0 spiro atoms. The molecule has 4 rings (SSSR count). The summed E-state index contributed by atoms with van der Waals surface area (Å²) in [5, 5.41) is 3.02. The summed E-state index contributed by atoms with van der Waals surface area (Å²) in [6.45, 7) is 3.30. The molecule has 1 aliphatic rings. The van der Waals surface area contributed by atoms with E-state index in [0.717, 1.165) is 22.8 Å². The molecule has 1 aliphatic heterocycles. The second-order valence-corrected chi connectivity index (χ2v) is 7.56. The van der Waals surface area contributed by atoms with Crippen LogP contribution >= 0.6 is 0 Å². The number of piperidine rings is 1. The number of carbonyl (C=O) groups excluding carboxylic acids is 2. The summed E-state index contributed by atoms with van der Waals surface area (Å²) >= 11 is 0. The highest BCUT2D eigenvalue weighted by Crippen LogP contribution is 2.20. The lowest BCUT2D eigenvalue weighted by molar-refractivity contribution is -0.139. The number of benzene rings is 1. The predicted molar refractivity (Wildman–Crippen MR) is 113 cm³/mol. The molecule has 154 valence electrons. The smallest absolute Gasteiger partial charge is 0.225 e. The minimum Gasteiger partial charge on any atom is -0.352 e. The number of aryl methyl sites for hydroxylation is 1. The van der Waals surface area contributed by atoms with E-state index in [1.807, 2.05) is 60.2 Å². The second kappa shape index (κ2) is 8.90. The van der Waals surface area contributed by atoms with Gasteiger partial charge in [-0.1, -0.05) is 18.2 Å². The standard InChI is InChI=1S/C23H25N5O2/c1-17-24-12-13-28(17)21-8-5-18(6-9-21)14-26-23(30)19-7-10-22(29)27(15-19)16-20-4-2-3-11-25-20/h2-6,8-9,11-13,19H,7,10,14-16H2,1H3,(H,26,30)/t19-/m0/s1. The Bertz CT molecular complexity index is 1010. The maximum atomic E-state index is 12.7. The minimum atomic E-state index is -0.195. The molecule has 1 saturated heterocycles. The number of nitrogens with one attached hydrogen (secondary N) is 1. The summed E-state index contributed by atoms with van der Waals surface area (Å²) < 4.78 is 2.01. The number of nitrogens with zero attached hydrogens (tertiary/aromatic N) is 4. The highest BCUT2D eigenvalue weighted by Gasteiger charge is 2.30. The van der Waals surface area contributed by atoms with Crippen LogP contribution < -0.4 is 5.32 Å². The molecule has 1 aromatic carbocycles. The van der Waals surface area contributed by atoms with Crippen LogP contribution in [-0.2, 0) is 22.7 Å². The SMILES string of the molecule is Cc1nccn1-c1ccc(CNC(=O)[C@H]2CCC(=O)N(Cc3ccccn3)C2)cc1. The summed E-state index contributed by atoms with van der Waals surface area (Å²) in [5.41, 5.74) is 2.90. The molecule has 1 fully saturated rings. The van der Waals surface area contributed by atoms with E-state index in [-0.39, 0.29) is 17.7 Å². The summed E-state index contributed by atoms with van der Waals surface area (Å²) in [4.78, 5) is 35.2. The lowest BCUT2D eigenvalue weighted by Crippen LogP contribution is -2.45. The van der Waals surface area contributed by atoms with Crippen molar-refractivity contribution in [2.75, 3.05) is 6.54 Å². The van der Waals surface area contributed by atoms with Crippen LogP contribution in [0.5, 0.6) is 0 Å². The molecule has 0 radical (unpaired) electrons. The summed E-state index contributed by atoms with van der Waals surface area (Å²) in [5.74, 6) is 0.801. The Hall–Kier alpha value is -3.48. The van der Waals surface area contributed by atoms with Crippen LogP contribution in [0.15, 0.2) is 61.1 Å². The highest BCUT2D eigenvalue weighted by atomic mass is 16.2. The van der Waals surface area contributed by atoms with Gasteiger partial charge in [-0.3, -0.25) is 14.6 Å². The van der Waals surface area contributed by atoms with Crippen LogP contribution in [0.3, 0.4) is 0 Å². The molecule has 1 atom stereocenters. The first kappa shape index (κ1) is 19.8. The van der Waals surface area contributed by atoms with E-state index in [0.29, 0.717) is 32.5 Å². The van der Waals surface area contributed by atoms with Gasteiger partial charge in [-0.25, -0.2) is 4.98 Å². The summed E-state index contributed by atoms with van der Waals surface area (Å²) in [6.07, 6.45) is 6.39. The Morgan fingerprint density at radius 3 is 2.67 bits per heavy atom. The Morgan fingerprint density at radius 1 is 1.13 bits per heavy atom. The van der Waals surface area contributed by atoms with Crippen molar-refractivity contribution in [2.24, 2.45) is 5.92 Å². The van der Waals surface area contributed by atoms with Gasteiger partial charge in [0, 0.05) is 43.8 Å². The second-order valence-electron chi connectivity index (χ2n) is 7.56. The molecule has 0 aliphatic carbocycles. The van der Waals surface area contributed by atoms with Crippen LogP contribution in [-0.4, -0.2) is 37.8 Å². The highest BCUT2D eigenvalue weighted by molar-refractivity contribution is 5.83. The zero-order valence-electron chi connectivity index (χ0n) is 17.0. The zero-order valence-corrected chi connectivity index (χ0v) is 17.0. The molecule has 7 nitrogen and oxygen atoms in total. The van der Waals surface area contributed by atoms with Crippen molar-refractivity contribution in [2.45, 2.75) is 32.9 Å². The summed E-state index contributed by atoms with van der Waals surface area (Å²) in [6, 6.07) is 13.7. The topological polar surface area (TPSA) is 80.1 Å². The van der Waals surface area contributed by atoms with E-state index in [4.69, 9.17) is 0 Å². The number of aromatic nitrogens is 3. The number of imidazole rings is 1. The zero-order chi connectivity index (χ0) is 20.9. The molecule has 3 heterocycles. The minimum absolute atomic E-state index is 0.0111. The van der Waals surface area contributed by atoms with Crippen molar-refractivity contribution in [3.05, 3.63) is 78.1 Å². The Balaban J connectivity index is 1.32. The third kappa shape index (κ3) is 4.56. The first-order chi connectivity index (χ1) is 14.6. The van der Waals surface area contributed by atoms with E-state index in [1.54, 1.807) is 17.3 Å². The number of pyridine rings is 1. The molecule has 3 aromatic rings. The van der Waals surface area contributed by atoms with E-state index in [2.05, 4.69) is 15.3 Å². The normalized spacial score (nSPS) is 16.5. The van der Waals surface area contributed by atoms with Crippen LogP contribution in [0.2, 0.25) is 0 Å². The van der Waals surface area contributed by atoms with Gasteiger partial charge >= 0.3 is 0 Å². The van der Waals surface area contributed by atoms with Gasteiger partial charge in [0.05, 0.1) is 18.2 Å². The molecular formula is C23H25N5O2. The number of amides is 2. The van der Waals surface area contributed by atoms with Crippen molar-refractivity contribution in [1.82, 2.24) is 24.8 Å². The maximum Gasteiger partial charge on any atom is 0.225 e. The van der Waals surface area contributed by atoms with Crippen molar-refractivity contribution in [3.8, 4) is 5.69 Å². The van der Waals surface area contributed by atoms with Gasteiger partial charge in [0.15, 0.2) is 0 Å². The maximum absolute atomic E-state index is 12.7. The molecular weight excluding hydrogens is 378 g/mol. The van der Waals surface area contributed by atoms with Crippen molar-refractivity contribution in [3.63, 3.8) is 0 Å². The van der Waals surface area contributed by atoms with Gasteiger partial charge in [-0.2, -0.15) is 0 Å². The van der Waals surface area contributed by atoms with Crippen LogP contribution in [0.25, 0.3) is 5.69 Å². The van der Waals surface area contributed by atoms with E-state index in [1.165, 1.54) is 0 Å². The molecule has 2 aromatic heterocycles. The van der Waals surface area contributed by atoms with Crippen LogP contribution in [0.4, 0.5) is 0 Å². The molecule has 7 heteroatoms. The Kier molecular flexibility index (Phi) is 5.88. The lowest BCUT2D eigenvalue weighted by Gasteiger charge is -2.31. The number of likely N-dealkylation sites (tertiary alicyclic amines) is 1. The first-order valence-corrected chi connectivity index (χ1v) is 10.1. The van der Waals surface area contributed by atoms with Gasteiger partial charge in [-0.05, 0) is 43.2 Å². The number of carbonyl (C=O) groups is 2. The quantitative estimate of drug-likeness (QED) is 0.686. The lowest BCUT2D eigenvalue weighted by atomic mass is 9.96. The number of hydrogen-bond acceptors (Lipinski definition) is 4. The van der Waals surface area contributed by atoms with E-state index in [9.17, 15) is 9.59 Å². The molecule has 0 unspecified atom stereocenters. The monoisotopic (exact) mass is 403 g/mol. The fourth-order valence-electron chi connectivity index (χ4n) is 3.73. The van der Waals surface area contributed by atoms with Crippen molar-refractivity contribution in [1.29, 1.82) is 0 Å². The van der Waals surface area contributed by atoms with E-state index < -0.39 is 0 Å². The number of hydrogen-bond donors (Lipinski definition) is 1. The van der Waals surface area contributed by atoms with E-state index >= 15 is 0 Å². The van der Waals surface area contributed by atoms with Crippen molar-refractivity contribution >= 4 is 11.8 Å². The average Bonchev–Trinajstić information content (AvgIpc) is 3.20. The fraction of sp³-hybridized carbons (Fsp3) is 0.304.